The van der Waals surface area contributed by atoms with Crippen LogP contribution < -0.4 is 4.74 Å². The van der Waals surface area contributed by atoms with E-state index in [0.29, 0.717) is 5.56 Å². The number of rotatable bonds is 4. The van der Waals surface area contributed by atoms with Crippen LogP contribution in [0.25, 0.3) is 0 Å². The lowest BCUT2D eigenvalue weighted by atomic mass is 9.91. The normalized spacial score (nSPS) is 11.9. The third-order valence-corrected chi connectivity index (χ3v) is 3.37. The second-order valence-electron chi connectivity index (χ2n) is 4.52. The van der Waals surface area contributed by atoms with Crippen molar-refractivity contribution < 1.29 is 19.7 Å². The first-order valence-corrected chi connectivity index (χ1v) is 6.24. The highest BCUT2D eigenvalue weighted by Crippen LogP contribution is 2.37. The molecule has 2 aromatic carbocycles. The van der Waals surface area contributed by atoms with E-state index in [1.807, 2.05) is 37.3 Å². The van der Waals surface area contributed by atoms with Crippen LogP contribution in [0.2, 0.25) is 0 Å². The molecule has 4 nitrogen and oxygen atoms in total. The van der Waals surface area contributed by atoms with Crippen molar-refractivity contribution >= 4 is 5.97 Å². The van der Waals surface area contributed by atoms with E-state index in [1.165, 1.54) is 7.11 Å². The zero-order valence-corrected chi connectivity index (χ0v) is 11.3. The smallest absolute Gasteiger partial charge is 0.343 e. The molecular formula is C16H16O4. The molecule has 0 heterocycles. The van der Waals surface area contributed by atoms with Crippen LogP contribution in [0.15, 0.2) is 42.5 Å². The number of phenols is 1. The van der Waals surface area contributed by atoms with Gasteiger partial charge in [0.2, 0.25) is 0 Å². The van der Waals surface area contributed by atoms with Crippen LogP contribution in [0.5, 0.6) is 11.5 Å². The van der Waals surface area contributed by atoms with Gasteiger partial charge >= 0.3 is 5.97 Å². The Morgan fingerprint density at radius 2 is 1.80 bits per heavy atom. The van der Waals surface area contributed by atoms with Crippen LogP contribution in [0, 0.1) is 0 Å². The molecular weight excluding hydrogens is 256 g/mol. The van der Waals surface area contributed by atoms with Crippen LogP contribution in [0.1, 0.15) is 34.3 Å². The largest absolute Gasteiger partial charge is 0.507 e. The van der Waals surface area contributed by atoms with Gasteiger partial charge in [0.05, 0.1) is 7.11 Å². The van der Waals surface area contributed by atoms with Gasteiger partial charge in [0.15, 0.2) is 0 Å². The van der Waals surface area contributed by atoms with E-state index in [0.717, 1.165) is 5.56 Å². The molecule has 2 aromatic rings. The lowest BCUT2D eigenvalue weighted by Crippen LogP contribution is -2.05. The number of hydrogen-bond donors (Lipinski definition) is 2. The molecule has 0 aromatic heterocycles. The minimum Gasteiger partial charge on any atom is -0.507 e. The molecule has 0 aliphatic rings. The first-order valence-electron chi connectivity index (χ1n) is 6.24. The van der Waals surface area contributed by atoms with Crippen molar-refractivity contribution in [1.82, 2.24) is 0 Å². The molecule has 4 heteroatoms. The fraction of sp³-hybridized carbons (Fsp3) is 0.188. The van der Waals surface area contributed by atoms with Gasteiger partial charge in [-0.25, -0.2) is 4.79 Å². The van der Waals surface area contributed by atoms with Crippen LogP contribution >= 0.6 is 0 Å². The average Bonchev–Trinajstić information content (AvgIpc) is 2.46. The molecule has 104 valence electrons. The molecule has 0 aliphatic carbocycles. The van der Waals surface area contributed by atoms with E-state index in [2.05, 4.69) is 0 Å². The highest BCUT2D eigenvalue weighted by atomic mass is 16.5. The van der Waals surface area contributed by atoms with Gasteiger partial charge in [-0.3, -0.25) is 0 Å². The van der Waals surface area contributed by atoms with Crippen molar-refractivity contribution in [3.05, 3.63) is 59.2 Å². The molecule has 1 atom stereocenters. The summed E-state index contributed by atoms with van der Waals surface area (Å²) >= 11 is 0. The molecule has 0 fully saturated rings. The molecule has 1 unspecified atom stereocenters. The number of hydrogen-bond acceptors (Lipinski definition) is 3. The highest BCUT2D eigenvalue weighted by molar-refractivity contribution is 5.94. The first kappa shape index (κ1) is 13.9. The van der Waals surface area contributed by atoms with Gasteiger partial charge in [0.1, 0.15) is 17.1 Å². The minimum absolute atomic E-state index is 0.111. The van der Waals surface area contributed by atoms with Gasteiger partial charge in [-0.15, -0.1) is 0 Å². The molecule has 0 bridgehead atoms. The molecule has 0 radical (unpaired) electrons. The lowest BCUT2D eigenvalue weighted by molar-refractivity contribution is 0.0689. The van der Waals surface area contributed by atoms with Crippen LogP contribution in [0.3, 0.4) is 0 Å². The predicted octanol–water partition coefficient (Wildman–Crippen LogP) is 3.25. The Morgan fingerprint density at radius 1 is 1.15 bits per heavy atom. The first-order chi connectivity index (χ1) is 9.56. The fourth-order valence-corrected chi connectivity index (χ4v) is 2.24. The Bertz CT molecular complexity index is 620. The lowest BCUT2D eigenvalue weighted by Gasteiger charge is -2.17. The number of aromatic hydroxyl groups is 1. The Balaban J connectivity index is 2.53. The quantitative estimate of drug-likeness (QED) is 0.896. The summed E-state index contributed by atoms with van der Waals surface area (Å²) in [5, 5.41) is 19.5. The second kappa shape index (κ2) is 5.65. The van der Waals surface area contributed by atoms with Gasteiger partial charge in [0.25, 0.3) is 0 Å². The van der Waals surface area contributed by atoms with Gasteiger partial charge in [0, 0.05) is 11.5 Å². The molecule has 0 amide bonds. The molecule has 2 rings (SSSR count). The fourth-order valence-electron chi connectivity index (χ4n) is 2.24. The maximum atomic E-state index is 11.3. The van der Waals surface area contributed by atoms with Gasteiger partial charge in [-0.2, -0.15) is 0 Å². The summed E-state index contributed by atoms with van der Waals surface area (Å²) in [6, 6.07) is 12.9. The summed E-state index contributed by atoms with van der Waals surface area (Å²) in [5.74, 6) is -1.41. The van der Waals surface area contributed by atoms with Crippen molar-refractivity contribution in [1.29, 1.82) is 0 Å². The molecule has 0 saturated heterocycles. The zero-order chi connectivity index (χ0) is 14.7. The van der Waals surface area contributed by atoms with Crippen molar-refractivity contribution in [2.24, 2.45) is 0 Å². The predicted molar refractivity (Wildman–Crippen MR) is 75.6 cm³/mol. The van der Waals surface area contributed by atoms with E-state index >= 15 is 0 Å². The van der Waals surface area contributed by atoms with Gasteiger partial charge < -0.3 is 14.9 Å². The second-order valence-corrected chi connectivity index (χ2v) is 4.52. The van der Waals surface area contributed by atoms with Gasteiger partial charge in [-0.1, -0.05) is 43.3 Å². The van der Waals surface area contributed by atoms with E-state index in [9.17, 15) is 15.0 Å². The number of carbonyl (C=O) groups is 1. The number of ether oxygens (including phenoxy) is 1. The monoisotopic (exact) mass is 272 g/mol. The Kier molecular flexibility index (Phi) is 3.94. The molecule has 2 N–H and O–H groups in total. The average molecular weight is 272 g/mol. The Hall–Kier alpha value is -2.49. The Morgan fingerprint density at radius 3 is 2.35 bits per heavy atom. The van der Waals surface area contributed by atoms with Crippen LogP contribution in [-0.4, -0.2) is 23.3 Å². The Labute approximate surface area is 117 Å². The number of benzene rings is 2. The summed E-state index contributed by atoms with van der Waals surface area (Å²) in [5.41, 5.74) is 1.37. The van der Waals surface area contributed by atoms with Gasteiger partial charge in [-0.05, 0) is 11.6 Å². The molecule has 0 saturated carbocycles. The highest BCUT2D eigenvalue weighted by Gasteiger charge is 2.22. The maximum absolute atomic E-state index is 11.3. The SMILES string of the molecule is COc1ccc(C(C)c2ccccc2)c(O)c1C(=O)O. The molecule has 0 aliphatic heterocycles. The van der Waals surface area contributed by atoms with Crippen LogP contribution in [-0.2, 0) is 0 Å². The van der Waals surface area contributed by atoms with E-state index in [4.69, 9.17) is 4.74 Å². The third kappa shape index (κ3) is 2.45. The summed E-state index contributed by atoms with van der Waals surface area (Å²) in [6.45, 7) is 1.92. The topological polar surface area (TPSA) is 66.8 Å². The maximum Gasteiger partial charge on any atom is 0.343 e. The van der Waals surface area contributed by atoms with Crippen molar-refractivity contribution in [3.63, 3.8) is 0 Å². The third-order valence-electron chi connectivity index (χ3n) is 3.37. The summed E-state index contributed by atoms with van der Waals surface area (Å²) < 4.78 is 4.99. The number of carboxylic acids is 1. The van der Waals surface area contributed by atoms with E-state index < -0.39 is 5.97 Å². The summed E-state index contributed by atoms with van der Waals surface area (Å²) in [4.78, 5) is 11.3. The minimum atomic E-state index is -1.21. The standard InChI is InChI=1S/C16H16O4/c1-10(11-6-4-3-5-7-11)12-8-9-13(20-2)14(15(12)17)16(18)19/h3-10,17H,1-2H3,(H,18,19). The zero-order valence-electron chi connectivity index (χ0n) is 11.3. The summed E-state index contributed by atoms with van der Waals surface area (Å²) in [6.07, 6.45) is 0. The number of carboxylic acid groups (broad SMARTS) is 1. The van der Waals surface area contributed by atoms with Crippen molar-refractivity contribution in [2.75, 3.05) is 7.11 Å². The van der Waals surface area contributed by atoms with Crippen LogP contribution in [0.4, 0.5) is 0 Å². The van der Waals surface area contributed by atoms with Crippen molar-refractivity contribution in [2.45, 2.75) is 12.8 Å². The molecule has 0 spiro atoms. The van der Waals surface area contributed by atoms with E-state index in [1.54, 1.807) is 12.1 Å². The number of methoxy groups -OCH3 is 1. The number of aromatic carboxylic acids is 1. The molecule has 20 heavy (non-hydrogen) atoms. The van der Waals surface area contributed by atoms with E-state index in [-0.39, 0.29) is 23.0 Å². The summed E-state index contributed by atoms with van der Waals surface area (Å²) in [7, 11) is 1.38. The van der Waals surface area contributed by atoms with Crippen molar-refractivity contribution in [3.8, 4) is 11.5 Å².